The van der Waals surface area contributed by atoms with Gasteiger partial charge in [-0.2, -0.15) is 0 Å². The van der Waals surface area contributed by atoms with Crippen molar-refractivity contribution in [1.82, 2.24) is 0 Å². The first-order valence-corrected chi connectivity index (χ1v) is 7.40. The van der Waals surface area contributed by atoms with Gasteiger partial charge in [-0.3, -0.25) is 0 Å². The van der Waals surface area contributed by atoms with Crippen LogP contribution < -0.4 is 4.74 Å². The van der Waals surface area contributed by atoms with E-state index in [-0.39, 0.29) is 5.56 Å². The molecular weight excluding hydrogens is 306 g/mol. The molecule has 0 aliphatic rings. The molecule has 0 spiro atoms. The van der Waals surface area contributed by atoms with Crippen LogP contribution in [0, 0.1) is 24.0 Å². The van der Waals surface area contributed by atoms with Crippen molar-refractivity contribution in [1.29, 1.82) is 0 Å². The summed E-state index contributed by atoms with van der Waals surface area (Å²) in [4.78, 5) is 0. The van der Waals surface area contributed by atoms with Crippen LogP contribution in [0.4, 0.5) is 8.78 Å². The van der Waals surface area contributed by atoms with Crippen LogP contribution in [0.25, 0.3) is 11.1 Å². The van der Waals surface area contributed by atoms with E-state index < -0.39 is 11.6 Å². The number of rotatable bonds is 4. The normalized spacial score (nSPS) is 10.2. The van der Waals surface area contributed by atoms with Crippen LogP contribution in [0.3, 0.4) is 0 Å². The molecule has 0 unspecified atom stereocenters. The van der Waals surface area contributed by atoms with Gasteiger partial charge in [0.15, 0.2) is 0 Å². The molecule has 0 aliphatic carbocycles. The fourth-order valence-corrected chi connectivity index (χ4v) is 2.40. The van der Waals surface area contributed by atoms with Gasteiger partial charge in [-0.1, -0.05) is 36.3 Å². The van der Waals surface area contributed by atoms with E-state index >= 15 is 0 Å². The highest BCUT2D eigenvalue weighted by molar-refractivity contribution is 5.72. The summed E-state index contributed by atoms with van der Waals surface area (Å²) >= 11 is 0. The number of terminal acetylenes is 1. The van der Waals surface area contributed by atoms with E-state index in [0.717, 1.165) is 11.6 Å². The van der Waals surface area contributed by atoms with Crippen LogP contribution in [0.15, 0.2) is 66.7 Å². The minimum Gasteiger partial charge on any atom is -0.488 e. The molecule has 0 fully saturated rings. The van der Waals surface area contributed by atoms with E-state index in [9.17, 15) is 8.78 Å². The molecule has 1 nitrogen and oxygen atoms in total. The van der Waals surface area contributed by atoms with Gasteiger partial charge in [-0.15, -0.1) is 6.42 Å². The monoisotopic (exact) mass is 320 g/mol. The van der Waals surface area contributed by atoms with Crippen LogP contribution in [0.5, 0.6) is 5.75 Å². The highest BCUT2D eigenvalue weighted by atomic mass is 19.1. The zero-order valence-corrected chi connectivity index (χ0v) is 12.8. The second-order valence-corrected chi connectivity index (χ2v) is 5.25. The van der Waals surface area contributed by atoms with Crippen LogP contribution in [0.1, 0.15) is 11.1 Å². The van der Waals surface area contributed by atoms with Crippen molar-refractivity contribution < 1.29 is 13.5 Å². The molecule has 3 aromatic rings. The molecule has 0 aromatic heterocycles. The van der Waals surface area contributed by atoms with E-state index in [1.165, 1.54) is 12.1 Å². The Morgan fingerprint density at radius 3 is 2.33 bits per heavy atom. The lowest BCUT2D eigenvalue weighted by Gasteiger charge is -2.13. The van der Waals surface area contributed by atoms with Gasteiger partial charge in [0, 0.05) is 22.8 Å². The summed E-state index contributed by atoms with van der Waals surface area (Å²) in [5, 5.41) is 0. The van der Waals surface area contributed by atoms with Crippen molar-refractivity contribution in [2.24, 2.45) is 0 Å². The molecule has 0 amide bonds. The zero-order valence-electron chi connectivity index (χ0n) is 12.8. The van der Waals surface area contributed by atoms with Gasteiger partial charge in [0.2, 0.25) is 0 Å². The maximum atomic E-state index is 14.1. The number of hydrogen-bond donors (Lipinski definition) is 0. The van der Waals surface area contributed by atoms with Gasteiger partial charge in [0.05, 0.1) is 0 Å². The van der Waals surface area contributed by atoms with Crippen molar-refractivity contribution >= 4 is 0 Å². The molecule has 0 bridgehead atoms. The molecule has 0 N–H and O–H groups in total. The third-order valence-electron chi connectivity index (χ3n) is 3.61. The molecule has 0 saturated carbocycles. The summed E-state index contributed by atoms with van der Waals surface area (Å²) in [6, 6.07) is 18.1. The average molecular weight is 320 g/mol. The Morgan fingerprint density at radius 1 is 0.875 bits per heavy atom. The third-order valence-corrected chi connectivity index (χ3v) is 3.61. The minimum atomic E-state index is -0.645. The lowest BCUT2D eigenvalue weighted by atomic mass is 10.0. The van der Waals surface area contributed by atoms with E-state index in [1.54, 1.807) is 18.2 Å². The zero-order chi connectivity index (χ0) is 16.9. The molecule has 0 saturated heterocycles. The lowest BCUT2D eigenvalue weighted by molar-refractivity contribution is 0.307. The smallest absolute Gasteiger partial charge is 0.134 e. The second kappa shape index (κ2) is 6.97. The predicted octanol–water partition coefficient (Wildman–Crippen LogP) is 5.19. The molecule has 3 aromatic carbocycles. The lowest BCUT2D eigenvalue weighted by Crippen LogP contribution is -1.98. The van der Waals surface area contributed by atoms with E-state index in [0.29, 0.717) is 23.5 Å². The van der Waals surface area contributed by atoms with Gasteiger partial charge in [-0.25, -0.2) is 8.78 Å². The molecule has 24 heavy (non-hydrogen) atoms. The molecular formula is C21H14F2O. The Kier molecular flexibility index (Phi) is 4.58. The number of ether oxygens (including phenoxy) is 1. The third kappa shape index (κ3) is 3.44. The first-order chi connectivity index (χ1) is 11.7. The summed E-state index contributed by atoms with van der Waals surface area (Å²) < 4.78 is 33.1. The van der Waals surface area contributed by atoms with Crippen LogP contribution in [-0.4, -0.2) is 0 Å². The molecule has 0 atom stereocenters. The Bertz CT molecular complexity index is 895. The van der Waals surface area contributed by atoms with Gasteiger partial charge in [0.25, 0.3) is 0 Å². The van der Waals surface area contributed by atoms with E-state index in [2.05, 4.69) is 5.92 Å². The standard InChI is InChI=1S/C21H14F2O/c1-2-15-8-10-19(18-11-9-17(22)13-20(18)23)21(12-15)24-14-16-6-4-3-5-7-16/h1,3-13H,14H2. The highest BCUT2D eigenvalue weighted by Crippen LogP contribution is 2.33. The van der Waals surface area contributed by atoms with E-state index in [4.69, 9.17) is 11.2 Å². The maximum Gasteiger partial charge on any atom is 0.134 e. The van der Waals surface area contributed by atoms with Crippen molar-refractivity contribution in [3.8, 4) is 29.2 Å². The van der Waals surface area contributed by atoms with Gasteiger partial charge >= 0.3 is 0 Å². The van der Waals surface area contributed by atoms with E-state index in [1.807, 2.05) is 30.3 Å². The number of hydrogen-bond acceptors (Lipinski definition) is 1. The Labute approximate surface area is 139 Å². The SMILES string of the molecule is C#Cc1ccc(-c2ccc(F)cc2F)c(OCc2ccccc2)c1. The molecule has 0 heterocycles. The molecule has 118 valence electrons. The first-order valence-electron chi connectivity index (χ1n) is 7.40. The van der Waals surface area contributed by atoms with Crippen LogP contribution >= 0.6 is 0 Å². The van der Waals surface area contributed by atoms with Crippen LogP contribution in [-0.2, 0) is 6.61 Å². The minimum absolute atomic E-state index is 0.267. The Hall–Kier alpha value is -3.12. The summed E-state index contributed by atoms with van der Waals surface area (Å²) in [6.45, 7) is 0.324. The second-order valence-electron chi connectivity index (χ2n) is 5.25. The van der Waals surface area contributed by atoms with Gasteiger partial charge in [-0.05, 0) is 35.9 Å². The maximum absolute atomic E-state index is 14.1. The fourth-order valence-electron chi connectivity index (χ4n) is 2.40. The molecule has 0 aliphatic heterocycles. The topological polar surface area (TPSA) is 9.23 Å². The molecule has 3 heteroatoms. The average Bonchev–Trinajstić information content (AvgIpc) is 2.61. The van der Waals surface area contributed by atoms with Crippen molar-refractivity contribution in [2.45, 2.75) is 6.61 Å². The summed E-state index contributed by atoms with van der Waals surface area (Å²) in [5.41, 5.74) is 2.41. The Balaban J connectivity index is 1.98. The van der Waals surface area contributed by atoms with Crippen molar-refractivity contribution in [3.05, 3.63) is 89.5 Å². The molecule has 0 radical (unpaired) electrons. The van der Waals surface area contributed by atoms with Crippen molar-refractivity contribution in [2.75, 3.05) is 0 Å². The van der Waals surface area contributed by atoms with Crippen LogP contribution in [0.2, 0.25) is 0 Å². The summed E-state index contributed by atoms with van der Waals surface area (Å²) in [6.07, 6.45) is 5.44. The summed E-state index contributed by atoms with van der Waals surface area (Å²) in [5.74, 6) is 1.73. The number of halogens is 2. The quantitative estimate of drug-likeness (QED) is 0.601. The first kappa shape index (κ1) is 15.8. The summed E-state index contributed by atoms with van der Waals surface area (Å²) in [7, 11) is 0. The molecule has 3 rings (SSSR count). The number of benzene rings is 3. The van der Waals surface area contributed by atoms with Crippen molar-refractivity contribution in [3.63, 3.8) is 0 Å². The largest absolute Gasteiger partial charge is 0.488 e. The van der Waals surface area contributed by atoms with Gasteiger partial charge in [0.1, 0.15) is 24.0 Å². The highest BCUT2D eigenvalue weighted by Gasteiger charge is 2.13. The van der Waals surface area contributed by atoms with Gasteiger partial charge < -0.3 is 4.74 Å². The Morgan fingerprint density at radius 2 is 1.62 bits per heavy atom. The fraction of sp³-hybridized carbons (Fsp3) is 0.0476. The predicted molar refractivity (Wildman–Crippen MR) is 90.5 cm³/mol.